The fourth-order valence-electron chi connectivity index (χ4n) is 1.92. The Hall–Kier alpha value is -2.45. The van der Waals surface area contributed by atoms with Crippen molar-refractivity contribution in [3.63, 3.8) is 0 Å². The number of pyridine rings is 1. The summed E-state index contributed by atoms with van der Waals surface area (Å²) < 4.78 is 0.998. The summed E-state index contributed by atoms with van der Waals surface area (Å²) in [5.74, 6) is 0.795. The lowest BCUT2D eigenvalue weighted by Crippen LogP contribution is -1.93. The number of benzene rings is 1. The van der Waals surface area contributed by atoms with Gasteiger partial charge in [0.05, 0.1) is 21.8 Å². The van der Waals surface area contributed by atoms with Crippen LogP contribution in [0, 0.1) is 11.3 Å². The van der Waals surface area contributed by atoms with Crippen molar-refractivity contribution in [1.29, 1.82) is 5.26 Å². The van der Waals surface area contributed by atoms with Crippen molar-refractivity contribution >= 4 is 32.5 Å². The van der Waals surface area contributed by atoms with Crippen molar-refractivity contribution < 1.29 is 0 Å². The Labute approximate surface area is 120 Å². The van der Waals surface area contributed by atoms with Gasteiger partial charge in [-0.05, 0) is 42.3 Å². The smallest absolute Gasteiger partial charge is 0.189 e. The van der Waals surface area contributed by atoms with Crippen LogP contribution >= 0.6 is 11.3 Å². The van der Waals surface area contributed by atoms with Gasteiger partial charge in [-0.25, -0.2) is 9.97 Å². The molecule has 0 aliphatic heterocycles. The normalized spacial score (nSPS) is 10.4. The zero-order valence-electron chi connectivity index (χ0n) is 10.9. The minimum absolute atomic E-state index is 0.652. The third-order valence-corrected chi connectivity index (χ3v) is 3.92. The SMILES string of the molecule is CCc1ccnc(Nc2nc3ccc(C#N)cc3s2)c1. The number of anilines is 2. The molecular weight excluding hydrogens is 268 g/mol. The first-order valence-corrected chi connectivity index (χ1v) is 7.13. The highest BCUT2D eigenvalue weighted by molar-refractivity contribution is 7.22. The number of nitrogens with one attached hydrogen (secondary N) is 1. The highest BCUT2D eigenvalue weighted by Crippen LogP contribution is 2.28. The fourth-order valence-corrected chi connectivity index (χ4v) is 2.83. The molecule has 3 aromatic rings. The van der Waals surface area contributed by atoms with E-state index < -0.39 is 0 Å². The van der Waals surface area contributed by atoms with Crippen LogP contribution in [-0.4, -0.2) is 9.97 Å². The Kier molecular flexibility index (Phi) is 3.32. The van der Waals surface area contributed by atoms with E-state index in [1.807, 2.05) is 24.3 Å². The van der Waals surface area contributed by atoms with Crippen LogP contribution in [0.1, 0.15) is 18.1 Å². The number of aromatic nitrogens is 2. The predicted molar refractivity (Wildman–Crippen MR) is 81.2 cm³/mol. The van der Waals surface area contributed by atoms with Gasteiger partial charge in [0.15, 0.2) is 5.13 Å². The number of nitrogens with zero attached hydrogens (tertiary/aromatic N) is 3. The molecule has 0 spiro atoms. The van der Waals surface area contributed by atoms with Gasteiger partial charge in [-0.2, -0.15) is 5.26 Å². The van der Waals surface area contributed by atoms with Gasteiger partial charge < -0.3 is 5.32 Å². The summed E-state index contributed by atoms with van der Waals surface area (Å²) in [4.78, 5) is 8.79. The highest BCUT2D eigenvalue weighted by atomic mass is 32.1. The monoisotopic (exact) mass is 280 g/mol. The second-order valence-electron chi connectivity index (χ2n) is 4.34. The summed E-state index contributed by atoms with van der Waals surface area (Å²) in [6.45, 7) is 2.11. The van der Waals surface area contributed by atoms with E-state index in [0.29, 0.717) is 5.56 Å². The lowest BCUT2D eigenvalue weighted by Gasteiger charge is -2.02. The van der Waals surface area contributed by atoms with Crippen LogP contribution in [0.4, 0.5) is 10.9 Å². The fraction of sp³-hybridized carbons (Fsp3) is 0.133. The van der Waals surface area contributed by atoms with Gasteiger partial charge in [0.25, 0.3) is 0 Å². The topological polar surface area (TPSA) is 61.6 Å². The van der Waals surface area contributed by atoms with E-state index in [1.54, 1.807) is 12.3 Å². The van der Waals surface area contributed by atoms with E-state index in [2.05, 4.69) is 28.3 Å². The standard InChI is InChI=1S/C15H12N4S/c1-2-10-5-6-17-14(8-10)19-15-18-12-4-3-11(9-16)7-13(12)20-15/h3-8H,2H2,1H3,(H,17,18,19). The van der Waals surface area contributed by atoms with Crippen LogP contribution in [0.3, 0.4) is 0 Å². The van der Waals surface area contributed by atoms with Gasteiger partial charge in [-0.15, -0.1) is 0 Å². The minimum atomic E-state index is 0.652. The lowest BCUT2D eigenvalue weighted by atomic mass is 10.2. The molecule has 0 saturated carbocycles. The Morgan fingerprint density at radius 1 is 1.30 bits per heavy atom. The molecule has 0 saturated heterocycles. The molecule has 1 N–H and O–H groups in total. The summed E-state index contributed by atoms with van der Waals surface area (Å²) in [5, 5.41) is 12.9. The molecule has 20 heavy (non-hydrogen) atoms. The molecule has 1 aromatic carbocycles. The number of thiazole rings is 1. The molecule has 98 valence electrons. The number of rotatable bonds is 3. The van der Waals surface area contributed by atoms with E-state index in [-0.39, 0.29) is 0 Å². The predicted octanol–water partition coefficient (Wildman–Crippen LogP) is 3.87. The molecule has 0 fully saturated rings. The summed E-state index contributed by atoms with van der Waals surface area (Å²) in [5.41, 5.74) is 2.78. The molecule has 4 nitrogen and oxygen atoms in total. The van der Waals surface area contributed by atoms with Crippen molar-refractivity contribution in [3.05, 3.63) is 47.7 Å². The van der Waals surface area contributed by atoms with Crippen LogP contribution in [0.2, 0.25) is 0 Å². The highest BCUT2D eigenvalue weighted by Gasteiger charge is 2.06. The molecule has 3 rings (SSSR count). The Bertz CT molecular complexity index is 801. The third kappa shape index (κ3) is 2.46. The zero-order chi connectivity index (χ0) is 13.9. The van der Waals surface area contributed by atoms with Gasteiger partial charge >= 0.3 is 0 Å². The first-order chi connectivity index (χ1) is 9.78. The summed E-state index contributed by atoms with van der Waals surface area (Å²) in [7, 11) is 0. The van der Waals surface area contributed by atoms with Crippen LogP contribution in [0.25, 0.3) is 10.2 Å². The average Bonchev–Trinajstić information content (AvgIpc) is 2.88. The molecule has 0 aliphatic carbocycles. The van der Waals surface area contributed by atoms with E-state index in [4.69, 9.17) is 5.26 Å². The number of aryl methyl sites for hydroxylation is 1. The van der Waals surface area contributed by atoms with Crippen molar-refractivity contribution in [3.8, 4) is 6.07 Å². The quantitative estimate of drug-likeness (QED) is 0.791. The molecule has 0 amide bonds. The first-order valence-electron chi connectivity index (χ1n) is 6.31. The average molecular weight is 280 g/mol. The van der Waals surface area contributed by atoms with E-state index in [0.717, 1.165) is 27.6 Å². The molecule has 5 heteroatoms. The molecule has 2 aromatic heterocycles. The van der Waals surface area contributed by atoms with Crippen molar-refractivity contribution in [2.75, 3.05) is 5.32 Å². The molecule has 2 heterocycles. The lowest BCUT2D eigenvalue weighted by molar-refractivity contribution is 1.12. The number of hydrogen-bond acceptors (Lipinski definition) is 5. The van der Waals surface area contributed by atoms with Crippen molar-refractivity contribution in [1.82, 2.24) is 9.97 Å². The van der Waals surface area contributed by atoms with E-state index in [9.17, 15) is 0 Å². The molecule has 0 aliphatic rings. The van der Waals surface area contributed by atoms with Crippen LogP contribution in [0.5, 0.6) is 0 Å². The van der Waals surface area contributed by atoms with Gasteiger partial charge in [-0.1, -0.05) is 18.3 Å². The maximum Gasteiger partial charge on any atom is 0.189 e. The van der Waals surface area contributed by atoms with Crippen LogP contribution in [-0.2, 0) is 6.42 Å². The third-order valence-electron chi connectivity index (χ3n) is 2.99. The van der Waals surface area contributed by atoms with Gasteiger partial charge in [0, 0.05) is 6.20 Å². The van der Waals surface area contributed by atoms with E-state index >= 15 is 0 Å². The molecular formula is C15H12N4S. The Morgan fingerprint density at radius 2 is 2.20 bits per heavy atom. The Morgan fingerprint density at radius 3 is 3.00 bits per heavy atom. The number of nitriles is 1. The number of fused-ring (bicyclic) bond motifs is 1. The molecule has 0 unspecified atom stereocenters. The second-order valence-corrected chi connectivity index (χ2v) is 5.37. The maximum atomic E-state index is 8.91. The summed E-state index contributed by atoms with van der Waals surface area (Å²) >= 11 is 1.52. The number of hydrogen-bond donors (Lipinski definition) is 1. The van der Waals surface area contributed by atoms with Crippen molar-refractivity contribution in [2.45, 2.75) is 13.3 Å². The summed E-state index contributed by atoms with van der Waals surface area (Å²) in [6.07, 6.45) is 2.77. The largest absolute Gasteiger partial charge is 0.316 e. The zero-order valence-corrected chi connectivity index (χ0v) is 11.7. The van der Waals surface area contributed by atoms with Crippen LogP contribution < -0.4 is 5.32 Å². The second kappa shape index (κ2) is 5.27. The molecule has 0 radical (unpaired) electrons. The van der Waals surface area contributed by atoms with Crippen LogP contribution in [0.15, 0.2) is 36.5 Å². The molecule has 0 bridgehead atoms. The summed E-state index contributed by atoms with van der Waals surface area (Å²) in [6, 6.07) is 11.7. The van der Waals surface area contributed by atoms with Crippen molar-refractivity contribution in [2.24, 2.45) is 0 Å². The minimum Gasteiger partial charge on any atom is -0.316 e. The van der Waals surface area contributed by atoms with Gasteiger partial charge in [0.1, 0.15) is 5.82 Å². The Balaban J connectivity index is 1.92. The van der Waals surface area contributed by atoms with E-state index in [1.165, 1.54) is 16.9 Å². The molecule has 0 atom stereocenters. The van der Waals surface area contributed by atoms with Gasteiger partial charge in [-0.3, -0.25) is 0 Å². The first kappa shape index (κ1) is 12.6. The maximum absolute atomic E-state index is 8.91. The van der Waals surface area contributed by atoms with Gasteiger partial charge in [0.2, 0.25) is 0 Å².